The number of carbonyl (C=O) groups is 13. The number of hydrogen-bond acceptors (Lipinski definition) is 18. The van der Waals surface area contributed by atoms with E-state index in [1.54, 1.807) is 12.5 Å². The number of rotatable bonds is 36. The minimum atomic E-state index is -1.70. The Kier molecular flexibility index (Phi) is 31.0. The molecule has 0 saturated carbocycles. The van der Waals surface area contributed by atoms with Gasteiger partial charge in [0.05, 0.1) is 31.8 Å². The number of carboxylic acid groups (broad SMARTS) is 1. The molecule has 0 fully saturated rings. The Hall–Kier alpha value is -6.31. The molecule has 0 heterocycles. The van der Waals surface area contributed by atoms with Crippen LogP contribution in [0, 0.1) is 0 Å². The number of nitrogens with one attached hydrogen (secondary N) is 9. The largest absolute Gasteiger partial charge is 0.480 e. The summed E-state index contributed by atoms with van der Waals surface area (Å²) in [4.78, 5) is 164. The van der Waals surface area contributed by atoms with Gasteiger partial charge in [-0.15, -0.1) is 0 Å². The first-order valence-electron chi connectivity index (χ1n) is 21.5. The van der Waals surface area contributed by atoms with E-state index in [0.717, 1.165) is 6.92 Å². The summed E-state index contributed by atoms with van der Waals surface area (Å²) in [5, 5.41) is 49.9. The lowest BCUT2D eigenvalue weighted by molar-refractivity contribution is -0.142. The van der Waals surface area contributed by atoms with Crippen LogP contribution in [0.2, 0.25) is 0 Å². The number of thioether (sulfide) groups is 2. The summed E-state index contributed by atoms with van der Waals surface area (Å²) in [7, 11) is 0. The minimum absolute atomic E-state index is 0.0000272. The van der Waals surface area contributed by atoms with Crippen LogP contribution >= 0.6 is 23.5 Å². The van der Waals surface area contributed by atoms with Crippen LogP contribution in [0.25, 0.3) is 0 Å². The number of amides is 12. The lowest BCUT2D eigenvalue weighted by atomic mass is 10.0. The number of carbonyl (C=O) groups excluding carboxylic acids is 12. The summed E-state index contributed by atoms with van der Waals surface area (Å²) in [6, 6.07) is -11.8. The van der Waals surface area contributed by atoms with Crippen LogP contribution in [0.1, 0.15) is 65.2 Å². The molecule has 12 amide bonds. The predicted octanol–water partition coefficient (Wildman–Crippen LogP) is -8.28. The Bertz CT molecular complexity index is 1860. The maximum atomic E-state index is 13.6. The zero-order valence-corrected chi connectivity index (χ0v) is 40.8. The molecule has 0 bridgehead atoms. The Morgan fingerprint density at radius 1 is 0.471 bits per heavy atom. The number of primary amides is 3. The van der Waals surface area contributed by atoms with Gasteiger partial charge in [0.25, 0.3) is 0 Å². The molecule has 396 valence electrons. The van der Waals surface area contributed by atoms with Gasteiger partial charge in [-0.2, -0.15) is 23.5 Å². The molecule has 0 spiro atoms. The van der Waals surface area contributed by atoms with Crippen molar-refractivity contribution in [1.82, 2.24) is 47.9 Å². The van der Waals surface area contributed by atoms with Crippen molar-refractivity contribution in [3.05, 3.63) is 0 Å². The van der Waals surface area contributed by atoms with E-state index in [-0.39, 0.29) is 12.8 Å². The van der Waals surface area contributed by atoms with Gasteiger partial charge in [-0.1, -0.05) is 0 Å². The lowest BCUT2D eigenvalue weighted by Gasteiger charge is -2.26. The highest BCUT2D eigenvalue weighted by molar-refractivity contribution is 7.98. The number of aliphatic hydroxyl groups is 2. The van der Waals surface area contributed by atoms with Crippen molar-refractivity contribution in [2.24, 2.45) is 22.9 Å². The van der Waals surface area contributed by atoms with E-state index < -0.39 is 190 Å². The van der Waals surface area contributed by atoms with E-state index in [4.69, 9.17) is 22.9 Å². The molecule has 0 aliphatic heterocycles. The van der Waals surface area contributed by atoms with Crippen LogP contribution in [0.5, 0.6) is 0 Å². The molecular formula is C39H67N13O16S2. The second-order valence-corrected chi connectivity index (χ2v) is 17.5. The third-order valence-corrected chi connectivity index (χ3v) is 10.9. The van der Waals surface area contributed by atoms with Crippen LogP contribution in [0.4, 0.5) is 0 Å². The van der Waals surface area contributed by atoms with E-state index in [9.17, 15) is 77.6 Å². The topological polar surface area (TPSA) is 495 Å². The SMILES string of the molecule is CSCC[C@H](NC(=O)[C@H](CCC(N)=O)NC(=O)[C@H](CCC(N)=O)NC(=O)[C@H](CCC(N)=O)NC(=O)CNC(=O)CNC(=O)[C@@H](NC(=O)[C@H](CCSC)NC(=O)[C@H](CO)NC(=O)[C@H](C)N)[C@@H](C)O)C(=O)O. The van der Waals surface area contributed by atoms with E-state index in [1.807, 2.05) is 0 Å². The smallest absolute Gasteiger partial charge is 0.326 e. The first-order valence-corrected chi connectivity index (χ1v) is 24.3. The van der Waals surface area contributed by atoms with Crippen molar-refractivity contribution >= 4 is 100 Å². The Labute approximate surface area is 411 Å². The molecule has 0 unspecified atom stereocenters. The lowest BCUT2D eigenvalue weighted by Crippen LogP contribution is -2.60. The molecule has 0 aromatic carbocycles. The third-order valence-electron chi connectivity index (χ3n) is 9.59. The van der Waals surface area contributed by atoms with Crippen molar-refractivity contribution in [2.75, 3.05) is 43.7 Å². The molecule has 0 saturated heterocycles. The van der Waals surface area contributed by atoms with Gasteiger partial charge in [-0.25, -0.2) is 4.79 Å². The summed E-state index contributed by atoms with van der Waals surface area (Å²) in [5.74, 6) is -12.5. The molecule has 29 nitrogen and oxygen atoms in total. The molecule has 0 aromatic heterocycles. The zero-order valence-electron chi connectivity index (χ0n) is 39.2. The molecule has 0 aliphatic carbocycles. The summed E-state index contributed by atoms with van der Waals surface area (Å²) in [6.07, 6.45) is -0.929. The predicted molar refractivity (Wildman–Crippen MR) is 251 cm³/mol. The number of hydrogen-bond donors (Lipinski definition) is 16. The van der Waals surface area contributed by atoms with Crippen molar-refractivity contribution in [1.29, 1.82) is 0 Å². The van der Waals surface area contributed by atoms with Gasteiger partial charge in [0, 0.05) is 19.3 Å². The highest BCUT2D eigenvalue weighted by Gasteiger charge is 2.34. The number of aliphatic carboxylic acids is 1. The van der Waals surface area contributed by atoms with Gasteiger partial charge in [-0.3, -0.25) is 57.5 Å². The minimum Gasteiger partial charge on any atom is -0.480 e. The van der Waals surface area contributed by atoms with Gasteiger partial charge in [0.1, 0.15) is 42.3 Å². The van der Waals surface area contributed by atoms with Crippen LogP contribution in [0.3, 0.4) is 0 Å². The van der Waals surface area contributed by atoms with Gasteiger partial charge < -0.3 is 86.1 Å². The number of nitrogens with two attached hydrogens (primary N) is 4. The number of aliphatic hydroxyl groups excluding tert-OH is 2. The van der Waals surface area contributed by atoms with Crippen LogP contribution in [0.15, 0.2) is 0 Å². The average molecular weight is 1040 g/mol. The maximum absolute atomic E-state index is 13.6. The molecular weight excluding hydrogens is 971 g/mol. The first kappa shape index (κ1) is 63.7. The first-order chi connectivity index (χ1) is 32.8. The van der Waals surface area contributed by atoms with Crippen molar-refractivity contribution in [2.45, 2.75) is 120 Å². The van der Waals surface area contributed by atoms with E-state index in [1.165, 1.54) is 30.4 Å². The zero-order chi connectivity index (χ0) is 53.7. The number of carboxylic acids is 1. The van der Waals surface area contributed by atoms with Crippen molar-refractivity contribution in [3.63, 3.8) is 0 Å². The van der Waals surface area contributed by atoms with Crippen LogP contribution < -0.4 is 70.8 Å². The van der Waals surface area contributed by atoms with E-state index in [2.05, 4.69) is 47.9 Å². The van der Waals surface area contributed by atoms with Crippen molar-refractivity contribution in [3.8, 4) is 0 Å². The Morgan fingerprint density at radius 3 is 1.21 bits per heavy atom. The molecule has 20 N–H and O–H groups in total. The second kappa shape index (κ2) is 34.1. The summed E-state index contributed by atoms with van der Waals surface area (Å²) in [6.45, 7) is -0.0411. The fourth-order valence-electron chi connectivity index (χ4n) is 5.67. The van der Waals surface area contributed by atoms with Gasteiger partial charge in [-0.05, 0) is 70.0 Å². The standard InChI is InChI=1S/C39H67N13O16S2/c1-18(40)32(60)51-25(17-53)37(65)49-23(11-13-69-3)36(64)52-31(19(2)54)38(66)45-15-29(58)44-16-30(59)46-20(5-8-26(41)55)33(61)47-21(6-9-27(42)56)34(62)48-22(7-10-28(43)57)35(63)50-24(39(67)68)12-14-70-4/h18-25,31,53-54H,5-17,40H2,1-4H3,(H2,41,55)(H2,42,56)(H2,43,57)(H,44,58)(H,45,66)(H,46,59)(H,47,61)(H,48,62)(H,49,65)(H,50,63)(H,51,60)(H,52,64)(H,67,68)/t18-,19+,20-,21-,22-,23-,24-,25-,31-/m0/s1. The van der Waals surface area contributed by atoms with Gasteiger partial charge >= 0.3 is 5.97 Å². The highest BCUT2D eigenvalue weighted by Crippen LogP contribution is 2.08. The fourth-order valence-corrected chi connectivity index (χ4v) is 6.62. The third kappa shape index (κ3) is 26.4. The van der Waals surface area contributed by atoms with E-state index >= 15 is 0 Å². The van der Waals surface area contributed by atoms with Crippen LogP contribution in [-0.4, -0.2) is 190 Å². The van der Waals surface area contributed by atoms with Crippen LogP contribution in [-0.2, 0) is 62.3 Å². The molecule has 31 heteroatoms. The molecule has 0 radical (unpaired) electrons. The van der Waals surface area contributed by atoms with E-state index in [0.29, 0.717) is 11.5 Å². The van der Waals surface area contributed by atoms with Crippen molar-refractivity contribution < 1.29 is 77.6 Å². The Balaban J connectivity index is 5.95. The fraction of sp³-hybridized carbons (Fsp3) is 0.667. The summed E-state index contributed by atoms with van der Waals surface area (Å²) in [5.41, 5.74) is 21.2. The van der Waals surface area contributed by atoms with Gasteiger partial charge in [0.2, 0.25) is 70.9 Å². The molecule has 70 heavy (non-hydrogen) atoms. The molecule has 0 rings (SSSR count). The normalized spacial score (nSPS) is 14.7. The highest BCUT2D eigenvalue weighted by atomic mass is 32.2. The molecule has 9 atom stereocenters. The van der Waals surface area contributed by atoms with Gasteiger partial charge in [0.15, 0.2) is 0 Å². The second-order valence-electron chi connectivity index (χ2n) is 15.5. The monoisotopic (exact) mass is 1040 g/mol. The molecule has 0 aliphatic rings. The summed E-state index contributed by atoms with van der Waals surface area (Å²) < 4.78 is 0. The summed E-state index contributed by atoms with van der Waals surface area (Å²) >= 11 is 2.61. The average Bonchev–Trinajstić information content (AvgIpc) is 3.28. The Morgan fingerprint density at radius 2 is 0.829 bits per heavy atom. The molecule has 0 aromatic rings. The quantitative estimate of drug-likeness (QED) is 0.0277. The maximum Gasteiger partial charge on any atom is 0.326 e.